The van der Waals surface area contributed by atoms with Crippen molar-refractivity contribution in [3.63, 3.8) is 0 Å². The van der Waals surface area contributed by atoms with E-state index in [1.165, 1.54) is 0 Å². The summed E-state index contributed by atoms with van der Waals surface area (Å²) in [5, 5.41) is 7.52. The molecule has 0 saturated carbocycles. The van der Waals surface area contributed by atoms with Crippen LogP contribution < -0.4 is 15.0 Å². The number of likely N-dealkylation sites (N-methyl/N-ethyl adjacent to an activating group) is 1. The lowest BCUT2D eigenvalue weighted by molar-refractivity contribution is -0.895. The van der Waals surface area contributed by atoms with Crippen molar-refractivity contribution in [2.24, 2.45) is 7.05 Å². The highest BCUT2D eigenvalue weighted by Gasteiger charge is 2.15. The summed E-state index contributed by atoms with van der Waals surface area (Å²) in [6.45, 7) is 4.79. The molecule has 1 heterocycles. The number of rotatable bonds is 7. The first-order valence-corrected chi connectivity index (χ1v) is 8.61. The fourth-order valence-electron chi connectivity index (χ4n) is 2.54. The predicted octanol–water partition coefficient (Wildman–Crippen LogP) is 0.623. The molecule has 0 aliphatic rings. The zero-order valence-corrected chi connectivity index (χ0v) is 16.2. The van der Waals surface area contributed by atoms with E-state index in [4.69, 9.17) is 17.0 Å². The van der Waals surface area contributed by atoms with Gasteiger partial charge in [0, 0.05) is 18.7 Å². The molecule has 1 unspecified atom stereocenters. The summed E-state index contributed by atoms with van der Waals surface area (Å²) in [5.41, 5.74) is 0.961. The van der Waals surface area contributed by atoms with Gasteiger partial charge in [0.25, 0.3) is 5.91 Å². The van der Waals surface area contributed by atoms with Gasteiger partial charge in [-0.25, -0.2) is 0 Å². The minimum atomic E-state index is 0.0188. The molecule has 0 saturated heterocycles. The van der Waals surface area contributed by atoms with E-state index in [1.54, 1.807) is 11.8 Å². The zero-order valence-electron chi connectivity index (χ0n) is 15.4. The number of carbonyl (C=O) groups excluding carboxylic acids is 1. The number of carbonyl (C=O) groups is 1. The number of hydrogen-bond acceptors (Lipinski definition) is 4. The van der Waals surface area contributed by atoms with E-state index in [9.17, 15) is 4.79 Å². The standard InChI is InChI=1S/C17H25N5O2S/c1-12(2)18-15(23)10-20(3)11-22-17(25)21(4)16(19-22)13-6-8-14(24-5)9-7-13/h6-9,12H,10-11H2,1-5H3,(H,18,23)/p+1. The number of aromatic nitrogens is 3. The van der Waals surface area contributed by atoms with Crippen molar-refractivity contribution in [1.29, 1.82) is 0 Å². The number of amides is 1. The Bertz CT molecular complexity index is 779. The van der Waals surface area contributed by atoms with Crippen LogP contribution in [0.4, 0.5) is 0 Å². The third kappa shape index (κ3) is 4.90. The maximum Gasteiger partial charge on any atom is 0.275 e. The van der Waals surface area contributed by atoms with Gasteiger partial charge in [-0.3, -0.25) is 4.79 Å². The third-order valence-electron chi connectivity index (χ3n) is 3.72. The summed E-state index contributed by atoms with van der Waals surface area (Å²) < 4.78 is 9.44. The maximum absolute atomic E-state index is 11.9. The van der Waals surface area contributed by atoms with Crippen LogP contribution in [0.5, 0.6) is 5.75 Å². The van der Waals surface area contributed by atoms with Gasteiger partial charge in [-0.2, -0.15) is 4.68 Å². The molecule has 25 heavy (non-hydrogen) atoms. The molecule has 0 bridgehead atoms. The normalized spacial score (nSPS) is 12.2. The first-order valence-electron chi connectivity index (χ1n) is 8.20. The molecule has 0 aliphatic heterocycles. The Kier molecular flexibility index (Phi) is 6.33. The van der Waals surface area contributed by atoms with Crippen molar-refractivity contribution >= 4 is 18.1 Å². The summed E-state index contributed by atoms with van der Waals surface area (Å²) >= 11 is 5.49. The second-order valence-electron chi connectivity index (χ2n) is 6.41. The van der Waals surface area contributed by atoms with Crippen molar-refractivity contribution in [1.82, 2.24) is 19.7 Å². The van der Waals surface area contributed by atoms with Crippen LogP contribution in [0.25, 0.3) is 11.4 Å². The second kappa shape index (κ2) is 8.26. The molecule has 2 aromatic rings. The summed E-state index contributed by atoms with van der Waals surface area (Å²) in [6, 6.07) is 7.83. The van der Waals surface area contributed by atoms with Gasteiger partial charge in [0.2, 0.25) is 4.77 Å². The fourth-order valence-corrected chi connectivity index (χ4v) is 2.73. The molecule has 1 aromatic heterocycles. The molecule has 2 N–H and O–H groups in total. The molecule has 0 aliphatic carbocycles. The molecule has 8 heteroatoms. The van der Waals surface area contributed by atoms with Crippen LogP contribution in [0, 0.1) is 4.77 Å². The maximum atomic E-state index is 11.9. The molecule has 136 valence electrons. The number of hydrogen-bond donors (Lipinski definition) is 2. The number of quaternary nitrogens is 1. The summed E-state index contributed by atoms with van der Waals surface area (Å²) in [6.07, 6.45) is 0. The minimum Gasteiger partial charge on any atom is -0.497 e. The van der Waals surface area contributed by atoms with Gasteiger partial charge < -0.3 is 19.5 Å². The van der Waals surface area contributed by atoms with Gasteiger partial charge in [0.1, 0.15) is 5.75 Å². The Labute approximate surface area is 153 Å². The summed E-state index contributed by atoms with van der Waals surface area (Å²) in [4.78, 5) is 12.9. The molecule has 0 spiro atoms. The van der Waals surface area contributed by atoms with Crippen LogP contribution >= 0.6 is 12.2 Å². The van der Waals surface area contributed by atoms with E-state index >= 15 is 0 Å². The number of benzene rings is 1. The Balaban J connectivity index is 2.15. The Morgan fingerprint density at radius 1 is 1.36 bits per heavy atom. The highest BCUT2D eigenvalue weighted by Crippen LogP contribution is 2.20. The average Bonchev–Trinajstić information content (AvgIpc) is 2.82. The highest BCUT2D eigenvalue weighted by molar-refractivity contribution is 7.71. The molecular formula is C17H26N5O2S+. The van der Waals surface area contributed by atoms with Crippen LogP contribution in [0.2, 0.25) is 0 Å². The number of ether oxygens (including phenoxy) is 1. The average molecular weight is 364 g/mol. The minimum absolute atomic E-state index is 0.0188. The summed E-state index contributed by atoms with van der Waals surface area (Å²) in [7, 11) is 5.48. The molecule has 0 radical (unpaired) electrons. The number of nitrogens with one attached hydrogen (secondary N) is 2. The summed E-state index contributed by atoms with van der Waals surface area (Å²) in [5.74, 6) is 1.60. The van der Waals surface area contributed by atoms with Gasteiger partial charge in [0.15, 0.2) is 19.0 Å². The van der Waals surface area contributed by atoms with Gasteiger partial charge in [-0.1, -0.05) is 0 Å². The van der Waals surface area contributed by atoms with Crippen LogP contribution in [0.1, 0.15) is 13.8 Å². The van der Waals surface area contributed by atoms with Crippen molar-refractivity contribution in [3.05, 3.63) is 29.0 Å². The van der Waals surface area contributed by atoms with Crippen LogP contribution in [0.3, 0.4) is 0 Å². The smallest absolute Gasteiger partial charge is 0.275 e. The molecule has 7 nitrogen and oxygen atoms in total. The second-order valence-corrected chi connectivity index (χ2v) is 6.77. The first kappa shape index (κ1) is 19.1. The fraction of sp³-hybridized carbons (Fsp3) is 0.471. The Hall–Kier alpha value is -2.19. The van der Waals surface area contributed by atoms with Crippen molar-refractivity contribution < 1.29 is 14.4 Å². The topological polar surface area (TPSA) is 65.5 Å². The van der Waals surface area contributed by atoms with Gasteiger partial charge >= 0.3 is 0 Å². The van der Waals surface area contributed by atoms with Crippen LogP contribution in [-0.4, -0.2) is 47.0 Å². The Morgan fingerprint density at radius 2 is 2.00 bits per heavy atom. The predicted molar refractivity (Wildman–Crippen MR) is 99.1 cm³/mol. The zero-order chi connectivity index (χ0) is 18.6. The molecule has 1 atom stereocenters. The third-order valence-corrected chi connectivity index (χ3v) is 4.21. The van der Waals surface area contributed by atoms with Gasteiger partial charge in [-0.05, 0) is 50.3 Å². The van der Waals surface area contributed by atoms with E-state index in [2.05, 4.69) is 10.4 Å². The number of nitrogens with zero attached hydrogens (tertiary/aromatic N) is 3. The molecule has 0 fully saturated rings. The van der Waals surface area contributed by atoms with Crippen LogP contribution in [-0.2, 0) is 18.5 Å². The molecule has 1 aromatic carbocycles. The van der Waals surface area contributed by atoms with Gasteiger partial charge in [-0.15, -0.1) is 5.10 Å². The van der Waals surface area contributed by atoms with Crippen LogP contribution in [0.15, 0.2) is 24.3 Å². The van der Waals surface area contributed by atoms with E-state index in [-0.39, 0.29) is 11.9 Å². The quantitative estimate of drug-likeness (QED) is 0.707. The largest absolute Gasteiger partial charge is 0.497 e. The molecule has 2 rings (SSSR count). The van der Waals surface area contributed by atoms with E-state index in [0.29, 0.717) is 18.0 Å². The van der Waals surface area contributed by atoms with E-state index in [1.807, 2.05) is 56.8 Å². The lowest BCUT2D eigenvalue weighted by atomic mass is 10.2. The number of methoxy groups -OCH3 is 1. The lowest BCUT2D eigenvalue weighted by Crippen LogP contribution is -3.09. The first-order chi connectivity index (χ1) is 11.8. The monoisotopic (exact) mass is 364 g/mol. The lowest BCUT2D eigenvalue weighted by Gasteiger charge is -2.14. The molecular weight excluding hydrogens is 338 g/mol. The van der Waals surface area contributed by atoms with E-state index < -0.39 is 0 Å². The Morgan fingerprint density at radius 3 is 2.56 bits per heavy atom. The van der Waals surface area contributed by atoms with Crippen molar-refractivity contribution in [2.45, 2.75) is 26.6 Å². The SMILES string of the molecule is COc1ccc(-c2nn(C[NH+](C)CC(=O)NC(C)C)c(=S)n2C)cc1. The van der Waals surface area contributed by atoms with Crippen molar-refractivity contribution in [2.75, 3.05) is 20.7 Å². The van der Waals surface area contributed by atoms with Gasteiger partial charge in [0.05, 0.1) is 14.2 Å². The van der Waals surface area contributed by atoms with E-state index in [0.717, 1.165) is 22.0 Å². The highest BCUT2D eigenvalue weighted by atomic mass is 32.1. The molecule has 1 amide bonds. The van der Waals surface area contributed by atoms with Crippen molar-refractivity contribution in [3.8, 4) is 17.1 Å².